The minimum atomic E-state index is -3.43. The largest absolute Gasteiger partial charge is 0.468 e. The lowest BCUT2D eigenvalue weighted by atomic mass is 10.0. The maximum absolute atomic E-state index is 12.7. The number of rotatable bonds is 6. The summed E-state index contributed by atoms with van der Waals surface area (Å²) in [5.41, 5.74) is 2.10. The van der Waals surface area contributed by atoms with E-state index in [9.17, 15) is 13.2 Å². The van der Waals surface area contributed by atoms with Crippen LogP contribution in [-0.2, 0) is 27.8 Å². The van der Waals surface area contributed by atoms with E-state index in [0.717, 1.165) is 30.3 Å². The molecule has 0 atom stereocenters. The molecule has 1 aliphatic rings. The van der Waals surface area contributed by atoms with Gasteiger partial charge >= 0.3 is 0 Å². The highest BCUT2D eigenvalue weighted by atomic mass is 32.2. The average Bonchev–Trinajstić information content (AvgIpc) is 3.10. The number of para-hydroxylation sites is 1. The van der Waals surface area contributed by atoms with Gasteiger partial charge in [-0.15, -0.1) is 0 Å². The Morgan fingerprint density at radius 3 is 2.76 bits per heavy atom. The molecule has 0 spiro atoms. The van der Waals surface area contributed by atoms with Crippen LogP contribution >= 0.6 is 0 Å². The molecule has 3 rings (SSSR count). The molecule has 1 aromatic heterocycles. The number of amides is 1. The summed E-state index contributed by atoms with van der Waals surface area (Å²) in [6, 6.07) is 11.3. The lowest BCUT2D eigenvalue weighted by Crippen LogP contribution is -2.38. The Labute approximate surface area is 148 Å². The third-order valence-corrected chi connectivity index (χ3v) is 5.62. The average molecular weight is 362 g/mol. The van der Waals surface area contributed by atoms with E-state index in [4.69, 9.17) is 4.42 Å². The van der Waals surface area contributed by atoms with Crippen LogP contribution in [0.2, 0.25) is 0 Å². The number of furan rings is 1. The van der Waals surface area contributed by atoms with Crippen molar-refractivity contribution in [3.8, 4) is 0 Å². The van der Waals surface area contributed by atoms with Gasteiger partial charge < -0.3 is 9.32 Å². The zero-order valence-corrected chi connectivity index (χ0v) is 15.0. The standard InChI is InChI=1S/C18H22N2O4S/c1-25(22,23)19(14-16-8-5-13-24-16)12-10-18(21)20-11-4-7-15-6-2-3-9-17(15)20/h2-3,5-6,8-9,13H,4,7,10-12,14H2,1H3. The lowest BCUT2D eigenvalue weighted by Gasteiger charge is -2.30. The predicted octanol–water partition coefficient (Wildman–Crippen LogP) is 2.41. The van der Waals surface area contributed by atoms with E-state index in [0.29, 0.717) is 12.3 Å². The summed E-state index contributed by atoms with van der Waals surface area (Å²) in [5, 5.41) is 0. The molecule has 25 heavy (non-hydrogen) atoms. The van der Waals surface area contributed by atoms with Crippen molar-refractivity contribution >= 4 is 21.6 Å². The summed E-state index contributed by atoms with van der Waals surface area (Å²) in [5.74, 6) is 0.501. The number of hydrogen-bond donors (Lipinski definition) is 0. The highest BCUT2D eigenvalue weighted by Crippen LogP contribution is 2.27. The number of carbonyl (C=O) groups is 1. The highest BCUT2D eigenvalue weighted by Gasteiger charge is 2.24. The first-order valence-corrected chi connectivity index (χ1v) is 10.2. The molecule has 0 saturated heterocycles. The second kappa shape index (κ2) is 7.41. The van der Waals surface area contributed by atoms with Crippen LogP contribution in [0.4, 0.5) is 5.69 Å². The summed E-state index contributed by atoms with van der Waals surface area (Å²) >= 11 is 0. The molecule has 0 radical (unpaired) electrons. The highest BCUT2D eigenvalue weighted by molar-refractivity contribution is 7.88. The van der Waals surface area contributed by atoms with Gasteiger partial charge in [-0.25, -0.2) is 8.42 Å². The van der Waals surface area contributed by atoms with Crippen LogP contribution in [-0.4, -0.2) is 38.0 Å². The number of aryl methyl sites for hydroxylation is 1. The number of anilines is 1. The van der Waals surface area contributed by atoms with Crippen LogP contribution in [0.15, 0.2) is 47.1 Å². The van der Waals surface area contributed by atoms with Crippen LogP contribution in [0.1, 0.15) is 24.2 Å². The van der Waals surface area contributed by atoms with Gasteiger partial charge in [0.25, 0.3) is 0 Å². The molecule has 0 bridgehead atoms. The number of fused-ring (bicyclic) bond motifs is 1. The molecule has 134 valence electrons. The van der Waals surface area contributed by atoms with Gasteiger partial charge in [0.05, 0.1) is 19.1 Å². The molecule has 7 heteroatoms. The minimum Gasteiger partial charge on any atom is -0.468 e. The fraction of sp³-hybridized carbons (Fsp3) is 0.389. The monoisotopic (exact) mass is 362 g/mol. The van der Waals surface area contributed by atoms with Crippen LogP contribution in [0.3, 0.4) is 0 Å². The summed E-state index contributed by atoms with van der Waals surface area (Å²) in [4.78, 5) is 14.4. The summed E-state index contributed by atoms with van der Waals surface area (Å²) in [6.45, 7) is 0.944. The number of nitrogens with zero attached hydrogens (tertiary/aromatic N) is 2. The molecule has 0 unspecified atom stereocenters. The topological polar surface area (TPSA) is 70.8 Å². The first kappa shape index (κ1) is 17.7. The predicted molar refractivity (Wildman–Crippen MR) is 95.7 cm³/mol. The number of sulfonamides is 1. The van der Waals surface area contributed by atoms with Crippen molar-refractivity contribution in [1.29, 1.82) is 0 Å². The van der Waals surface area contributed by atoms with Crippen molar-refractivity contribution in [2.24, 2.45) is 0 Å². The van der Waals surface area contributed by atoms with Crippen LogP contribution in [0.25, 0.3) is 0 Å². The molecule has 0 N–H and O–H groups in total. The molecule has 2 aromatic rings. The van der Waals surface area contributed by atoms with Gasteiger partial charge in [0.15, 0.2) is 0 Å². The Morgan fingerprint density at radius 1 is 1.24 bits per heavy atom. The molecule has 0 saturated carbocycles. The quantitative estimate of drug-likeness (QED) is 0.791. The van der Waals surface area contributed by atoms with E-state index >= 15 is 0 Å². The SMILES string of the molecule is CS(=O)(=O)N(CCC(=O)N1CCCc2ccccc21)Cc1ccco1. The van der Waals surface area contributed by atoms with Gasteiger partial charge in [-0.2, -0.15) is 4.31 Å². The van der Waals surface area contributed by atoms with E-state index in [1.807, 2.05) is 24.3 Å². The van der Waals surface area contributed by atoms with Crippen molar-refractivity contribution < 1.29 is 17.6 Å². The second-order valence-electron chi connectivity index (χ2n) is 6.20. The molecular weight excluding hydrogens is 340 g/mol. The van der Waals surface area contributed by atoms with Gasteiger partial charge in [-0.05, 0) is 36.6 Å². The summed E-state index contributed by atoms with van der Waals surface area (Å²) in [6.07, 6.45) is 4.68. The summed E-state index contributed by atoms with van der Waals surface area (Å²) in [7, 11) is -3.43. The molecule has 1 aliphatic heterocycles. The number of carbonyl (C=O) groups excluding carboxylic acids is 1. The summed E-state index contributed by atoms with van der Waals surface area (Å²) < 4.78 is 30.5. The first-order chi connectivity index (χ1) is 11.9. The van der Waals surface area contributed by atoms with Crippen LogP contribution in [0, 0.1) is 0 Å². The van der Waals surface area contributed by atoms with Crippen LogP contribution in [0.5, 0.6) is 0 Å². The zero-order valence-electron chi connectivity index (χ0n) is 14.2. The minimum absolute atomic E-state index is 0.0553. The molecule has 2 heterocycles. The zero-order chi connectivity index (χ0) is 17.9. The third kappa shape index (κ3) is 4.29. The smallest absolute Gasteiger partial charge is 0.228 e. The molecular formula is C18H22N2O4S. The molecule has 0 fully saturated rings. The van der Waals surface area contributed by atoms with Crippen molar-refractivity contribution in [1.82, 2.24) is 4.31 Å². The molecule has 1 aromatic carbocycles. The van der Waals surface area contributed by atoms with E-state index in [-0.39, 0.29) is 25.4 Å². The second-order valence-corrected chi connectivity index (χ2v) is 8.19. The van der Waals surface area contributed by atoms with Gasteiger partial charge in [0.2, 0.25) is 15.9 Å². The van der Waals surface area contributed by atoms with E-state index in [2.05, 4.69) is 0 Å². The molecule has 0 aliphatic carbocycles. The van der Waals surface area contributed by atoms with Crippen molar-refractivity contribution in [2.75, 3.05) is 24.2 Å². The molecule has 6 nitrogen and oxygen atoms in total. The van der Waals surface area contributed by atoms with Gasteiger partial charge in [-0.1, -0.05) is 18.2 Å². The Hall–Kier alpha value is -2.12. The van der Waals surface area contributed by atoms with Crippen molar-refractivity contribution in [3.63, 3.8) is 0 Å². The van der Waals surface area contributed by atoms with Gasteiger partial charge in [0, 0.05) is 25.2 Å². The van der Waals surface area contributed by atoms with Crippen molar-refractivity contribution in [2.45, 2.75) is 25.8 Å². The van der Waals surface area contributed by atoms with Gasteiger partial charge in [-0.3, -0.25) is 4.79 Å². The van der Waals surface area contributed by atoms with E-state index < -0.39 is 10.0 Å². The fourth-order valence-corrected chi connectivity index (χ4v) is 3.87. The molecule has 1 amide bonds. The van der Waals surface area contributed by atoms with Crippen LogP contribution < -0.4 is 4.90 Å². The van der Waals surface area contributed by atoms with Gasteiger partial charge in [0.1, 0.15) is 5.76 Å². The van der Waals surface area contributed by atoms with Crippen molar-refractivity contribution in [3.05, 3.63) is 54.0 Å². The Balaban J connectivity index is 1.68. The Kier molecular flexibility index (Phi) is 5.24. The first-order valence-electron chi connectivity index (χ1n) is 8.31. The lowest BCUT2D eigenvalue weighted by molar-refractivity contribution is -0.118. The van der Waals surface area contributed by atoms with E-state index in [1.165, 1.54) is 10.6 Å². The maximum Gasteiger partial charge on any atom is 0.228 e. The third-order valence-electron chi connectivity index (χ3n) is 4.37. The Bertz CT molecular complexity index is 831. The Morgan fingerprint density at radius 2 is 2.04 bits per heavy atom. The fourth-order valence-electron chi connectivity index (χ4n) is 3.09. The van der Waals surface area contributed by atoms with E-state index in [1.54, 1.807) is 17.0 Å². The maximum atomic E-state index is 12.7. The normalized spacial score (nSPS) is 14.6. The number of benzene rings is 1. The number of hydrogen-bond acceptors (Lipinski definition) is 4.